The van der Waals surface area contributed by atoms with Gasteiger partial charge in [-0.15, -0.1) is 0 Å². The Bertz CT molecular complexity index is 491. The van der Waals surface area contributed by atoms with Gasteiger partial charge in [-0.05, 0) is 31.0 Å². The number of urea groups is 1. The number of hydrogen-bond acceptors (Lipinski definition) is 2. The Kier molecular flexibility index (Phi) is 5.96. The van der Waals surface area contributed by atoms with Gasteiger partial charge >= 0.3 is 12.0 Å². The van der Waals surface area contributed by atoms with Crippen LogP contribution in [0.4, 0.5) is 14.9 Å². The number of carbonyl (C=O) groups is 2. The molecule has 5 nitrogen and oxygen atoms in total. The summed E-state index contributed by atoms with van der Waals surface area (Å²) in [4.78, 5) is 22.6. The van der Waals surface area contributed by atoms with Crippen molar-refractivity contribution in [2.45, 2.75) is 39.2 Å². The molecule has 0 aliphatic carbocycles. The quantitative estimate of drug-likeness (QED) is 0.749. The van der Waals surface area contributed by atoms with Gasteiger partial charge in [-0.25, -0.2) is 14.0 Å². The number of carboxylic acids is 1. The second-order valence-electron chi connectivity index (χ2n) is 4.49. The Morgan fingerprint density at radius 2 is 2.05 bits per heavy atom. The van der Waals surface area contributed by atoms with Crippen LogP contribution in [-0.4, -0.2) is 23.1 Å². The fourth-order valence-corrected chi connectivity index (χ4v) is 1.85. The van der Waals surface area contributed by atoms with E-state index in [0.29, 0.717) is 0 Å². The molecule has 1 atom stereocenters. The Balaban J connectivity index is 2.71. The summed E-state index contributed by atoms with van der Waals surface area (Å²) in [7, 11) is 0. The summed E-state index contributed by atoms with van der Waals surface area (Å²) in [5.74, 6) is -2.20. The van der Waals surface area contributed by atoms with E-state index in [-0.39, 0.29) is 11.7 Å². The van der Waals surface area contributed by atoms with Crippen LogP contribution in [0.3, 0.4) is 0 Å². The molecule has 3 N–H and O–H groups in total. The van der Waals surface area contributed by atoms with E-state index < -0.39 is 23.4 Å². The van der Waals surface area contributed by atoms with Gasteiger partial charge < -0.3 is 15.7 Å². The zero-order valence-corrected chi connectivity index (χ0v) is 11.6. The summed E-state index contributed by atoms with van der Waals surface area (Å²) in [6, 6.07) is 3.08. The molecule has 0 radical (unpaired) electrons. The topological polar surface area (TPSA) is 78.4 Å². The number of benzene rings is 1. The number of carboxylic acid groups (broad SMARTS) is 1. The Labute approximate surface area is 117 Å². The predicted octanol–water partition coefficient (Wildman–Crippen LogP) is 3.22. The number of hydrogen-bond donors (Lipinski definition) is 3. The second-order valence-corrected chi connectivity index (χ2v) is 4.49. The fraction of sp³-hybridized carbons (Fsp3) is 0.429. The van der Waals surface area contributed by atoms with Gasteiger partial charge in [0.05, 0.1) is 5.56 Å². The van der Waals surface area contributed by atoms with E-state index in [2.05, 4.69) is 10.6 Å². The maximum absolute atomic E-state index is 13.2. The van der Waals surface area contributed by atoms with Crippen LogP contribution in [0.15, 0.2) is 18.2 Å². The van der Waals surface area contributed by atoms with E-state index in [9.17, 15) is 14.0 Å². The van der Waals surface area contributed by atoms with E-state index in [0.717, 1.165) is 31.4 Å². The highest BCUT2D eigenvalue weighted by atomic mass is 19.1. The van der Waals surface area contributed by atoms with Crippen LogP contribution in [0.5, 0.6) is 0 Å². The van der Waals surface area contributed by atoms with E-state index in [1.807, 2.05) is 13.8 Å². The van der Waals surface area contributed by atoms with E-state index in [1.165, 1.54) is 6.07 Å². The third-order valence-corrected chi connectivity index (χ3v) is 2.92. The molecule has 0 fully saturated rings. The third-order valence-electron chi connectivity index (χ3n) is 2.92. The zero-order chi connectivity index (χ0) is 15.1. The molecule has 2 amide bonds. The maximum atomic E-state index is 13.2. The normalized spacial score (nSPS) is 11.8. The minimum atomic E-state index is -1.37. The standard InChI is InChI=1S/C14H19FN2O3/c1-3-5-9(4-2)16-14(20)17-10-6-7-12(15)11(8-10)13(18)19/h6-9H,3-5H2,1-2H3,(H,18,19)(H2,16,17,20). The predicted molar refractivity (Wildman–Crippen MR) is 74.5 cm³/mol. The molecular formula is C14H19FN2O3. The molecule has 1 unspecified atom stereocenters. The molecule has 0 aliphatic heterocycles. The summed E-state index contributed by atoms with van der Waals surface area (Å²) >= 11 is 0. The molecule has 110 valence electrons. The minimum absolute atomic E-state index is 0.0689. The Hall–Kier alpha value is -2.11. The van der Waals surface area contributed by atoms with Crippen LogP contribution in [0, 0.1) is 5.82 Å². The molecule has 1 aromatic carbocycles. The van der Waals surface area contributed by atoms with Gasteiger partial charge in [0, 0.05) is 11.7 Å². The maximum Gasteiger partial charge on any atom is 0.338 e. The van der Waals surface area contributed by atoms with Gasteiger partial charge in [0.25, 0.3) is 0 Å². The SMILES string of the molecule is CCCC(CC)NC(=O)Nc1ccc(F)c(C(=O)O)c1. The zero-order valence-electron chi connectivity index (χ0n) is 11.6. The van der Waals surface area contributed by atoms with Crippen molar-refractivity contribution in [3.8, 4) is 0 Å². The average Bonchev–Trinajstić information content (AvgIpc) is 2.40. The monoisotopic (exact) mass is 282 g/mol. The number of rotatable bonds is 6. The minimum Gasteiger partial charge on any atom is -0.478 e. The smallest absolute Gasteiger partial charge is 0.338 e. The molecule has 1 aromatic rings. The van der Waals surface area contributed by atoms with Crippen LogP contribution < -0.4 is 10.6 Å². The van der Waals surface area contributed by atoms with E-state index in [4.69, 9.17) is 5.11 Å². The molecule has 0 bridgehead atoms. The number of nitrogens with one attached hydrogen (secondary N) is 2. The molecule has 0 spiro atoms. The van der Waals surface area contributed by atoms with Gasteiger partial charge in [-0.2, -0.15) is 0 Å². The highest BCUT2D eigenvalue weighted by Gasteiger charge is 2.13. The lowest BCUT2D eigenvalue weighted by atomic mass is 10.1. The van der Waals surface area contributed by atoms with Crippen molar-refractivity contribution in [2.75, 3.05) is 5.32 Å². The lowest BCUT2D eigenvalue weighted by molar-refractivity contribution is 0.0692. The summed E-state index contributed by atoms with van der Waals surface area (Å²) in [6.07, 6.45) is 2.64. The summed E-state index contributed by atoms with van der Waals surface area (Å²) < 4.78 is 13.2. The van der Waals surface area contributed by atoms with Gasteiger partial charge in [0.1, 0.15) is 5.82 Å². The summed E-state index contributed by atoms with van der Waals surface area (Å²) in [5.41, 5.74) is -0.226. The lowest BCUT2D eigenvalue weighted by Gasteiger charge is -2.16. The Morgan fingerprint density at radius 1 is 1.35 bits per heavy atom. The van der Waals surface area contributed by atoms with E-state index >= 15 is 0 Å². The number of carbonyl (C=O) groups excluding carboxylic acids is 1. The van der Waals surface area contributed by atoms with Crippen molar-refractivity contribution in [3.05, 3.63) is 29.6 Å². The molecule has 0 aromatic heterocycles. The summed E-state index contributed by atoms with van der Waals surface area (Å²) in [6.45, 7) is 4.00. The highest BCUT2D eigenvalue weighted by Crippen LogP contribution is 2.15. The number of amides is 2. The first-order chi connectivity index (χ1) is 9.47. The van der Waals surface area contributed by atoms with Gasteiger partial charge in [-0.1, -0.05) is 20.3 Å². The molecular weight excluding hydrogens is 263 g/mol. The number of halogens is 1. The van der Waals surface area contributed by atoms with Crippen LogP contribution in [0.1, 0.15) is 43.5 Å². The first-order valence-electron chi connectivity index (χ1n) is 6.58. The molecule has 20 heavy (non-hydrogen) atoms. The average molecular weight is 282 g/mol. The molecule has 0 aliphatic rings. The van der Waals surface area contributed by atoms with Crippen molar-refractivity contribution in [3.63, 3.8) is 0 Å². The first-order valence-corrected chi connectivity index (χ1v) is 6.58. The van der Waals surface area contributed by atoms with Crippen molar-refractivity contribution >= 4 is 17.7 Å². The van der Waals surface area contributed by atoms with Crippen LogP contribution >= 0.6 is 0 Å². The van der Waals surface area contributed by atoms with Crippen molar-refractivity contribution in [2.24, 2.45) is 0 Å². The van der Waals surface area contributed by atoms with Gasteiger partial charge in [0.15, 0.2) is 0 Å². The third kappa shape index (κ3) is 4.53. The lowest BCUT2D eigenvalue weighted by Crippen LogP contribution is -2.37. The van der Waals surface area contributed by atoms with Crippen LogP contribution in [0.25, 0.3) is 0 Å². The van der Waals surface area contributed by atoms with Crippen LogP contribution in [-0.2, 0) is 0 Å². The molecule has 1 rings (SSSR count). The largest absolute Gasteiger partial charge is 0.478 e. The first kappa shape index (κ1) is 15.9. The summed E-state index contributed by atoms with van der Waals surface area (Å²) in [5, 5.41) is 14.1. The van der Waals surface area contributed by atoms with Crippen molar-refractivity contribution in [1.82, 2.24) is 5.32 Å². The van der Waals surface area contributed by atoms with Crippen molar-refractivity contribution in [1.29, 1.82) is 0 Å². The van der Waals surface area contributed by atoms with Gasteiger partial charge in [0.2, 0.25) is 0 Å². The number of aromatic carboxylic acids is 1. The molecule has 6 heteroatoms. The Morgan fingerprint density at radius 3 is 2.60 bits per heavy atom. The number of anilines is 1. The molecule has 0 saturated carbocycles. The van der Waals surface area contributed by atoms with Gasteiger partial charge in [-0.3, -0.25) is 0 Å². The highest BCUT2D eigenvalue weighted by molar-refractivity contribution is 5.93. The second kappa shape index (κ2) is 7.47. The van der Waals surface area contributed by atoms with Crippen molar-refractivity contribution < 1.29 is 19.1 Å². The fourth-order valence-electron chi connectivity index (χ4n) is 1.85. The molecule has 0 saturated heterocycles. The molecule has 0 heterocycles. The van der Waals surface area contributed by atoms with Crippen LogP contribution in [0.2, 0.25) is 0 Å². The van der Waals surface area contributed by atoms with E-state index in [1.54, 1.807) is 0 Å².